The summed E-state index contributed by atoms with van der Waals surface area (Å²) in [4.78, 5) is 11.3. The first-order valence-corrected chi connectivity index (χ1v) is 5.62. The number of alkyl halides is 4. The molecule has 1 aromatic heterocycles. The predicted octanol–water partition coefficient (Wildman–Crippen LogP) is 1.67. The van der Waals surface area contributed by atoms with Gasteiger partial charge in [-0.05, 0) is 11.4 Å². The van der Waals surface area contributed by atoms with Crippen LogP contribution in [0.25, 0.3) is 0 Å². The molecule has 0 fully saturated rings. The lowest BCUT2D eigenvalue weighted by molar-refractivity contribution is -0.0499. The van der Waals surface area contributed by atoms with Crippen molar-refractivity contribution in [2.24, 2.45) is 5.73 Å². The van der Waals surface area contributed by atoms with Gasteiger partial charge in [-0.2, -0.15) is 8.78 Å². The number of halogens is 4. The van der Waals surface area contributed by atoms with Gasteiger partial charge in [0.2, 0.25) is 0 Å². The summed E-state index contributed by atoms with van der Waals surface area (Å²) in [6.07, 6.45) is 0. The topological polar surface area (TPSA) is 64.3 Å². The van der Waals surface area contributed by atoms with E-state index in [9.17, 15) is 22.4 Å². The average molecular weight is 286 g/mol. The molecule has 0 radical (unpaired) electrons. The summed E-state index contributed by atoms with van der Waals surface area (Å²) in [5.74, 6) is -4.49. The molecule has 0 bridgehead atoms. The Morgan fingerprint density at radius 2 is 2.22 bits per heavy atom. The highest BCUT2D eigenvalue weighted by Gasteiger charge is 2.28. The van der Waals surface area contributed by atoms with Gasteiger partial charge in [0.15, 0.2) is 0 Å². The smallest absolute Gasteiger partial charge is 0.387 e. The largest absolute Gasteiger partial charge is 0.433 e. The Hall–Kier alpha value is -1.35. The Morgan fingerprint density at radius 3 is 2.78 bits per heavy atom. The van der Waals surface area contributed by atoms with Crippen LogP contribution in [0.15, 0.2) is 11.4 Å². The van der Waals surface area contributed by atoms with Crippen molar-refractivity contribution in [3.63, 3.8) is 0 Å². The Bertz CT molecular complexity index is 411. The molecule has 18 heavy (non-hydrogen) atoms. The molecule has 0 saturated carbocycles. The lowest BCUT2D eigenvalue weighted by atomic mass is 10.3. The van der Waals surface area contributed by atoms with Crippen LogP contribution in [0, 0.1) is 0 Å². The van der Waals surface area contributed by atoms with E-state index in [4.69, 9.17) is 5.73 Å². The van der Waals surface area contributed by atoms with Gasteiger partial charge in [0.05, 0.1) is 13.1 Å². The quantitative estimate of drug-likeness (QED) is 0.782. The zero-order valence-corrected chi connectivity index (χ0v) is 9.78. The maximum absolute atomic E-state index is 12.8. The molecule has 0 spiro atoms. The van der Waals surface area contributed by atoms with Crippen LogP contribution in [0.2, 0.25) is 0 Å². The molecule has 0 saturated heterocycles. The number of hydrogen-bond acceptors (Lipinski definition) is 4. The molecule has 0 atom stereocenters. The van der Waals surface area contributed by atoms with E-state index in [0.29, 0.717) is 0 Å². The van der Waals surface area contributed by atoms with Crippen molar-refractivity contribution in [3.05, 3.63) is 16.3 Å². The third kappa shape index (κ3) is 4.15. The number of amides is 1. The van der Waals surface area contributed by atoms with Gasteiger partial charge in [0.25, 0.3) is 11.8 Å². The van der Waals surface area contributed by atoms with Crippen molar-refractivity contribution < 1.29 is 27.1 Å². The summed E-state index contributed by atoms with van der Waals surface area (Å²) in [6.45, 7) is -4.97. The zero-order chi connectivity index (χ0) is 13.8. The molecule has 0 aliphatic rings. The van der Waals surface area contributed by atoms with Gasteiger partial charge >= 0.3 is 6.61 Å². The SMILES string of the molecule is NCC(F)(F)CNC(=O)c1sccc1OC(F)F. The van der Waals surface area contributed by atoms with E-state index in [-0.39, 0.29) is 10.6 Å². The molecule has 1 aromatic rings. The Morgan fingerprint density at radius 1 is 1.56 bits per heavy atom. The first kappa shape index (κ1) is 14.7. The molecule has 0 aromatic carbocycles. The number of carbonyl (C=O) groups is 1. The van der Waals surface area contributed by atoms with Crippen LogP contribution in [0.1, 0.15) is 9.67 Å². The van der Waals surface area contributed by atoms with Crippen LogP contribution < -0.4 is 15.8 Å². The van der Waals surface area contributed by atoms with Gasteiger partial charge in [-0.15, -0.1) is 11.3 Å². The normalized spacial score (nSPS) is 11.7. The van der Waals surface area contributed by atoms with Crippen molar-refractivity contribution in [2.75, 3.05) is 13.1 Å². The van der Waals surface area contributed by atoms with Crippen LogP contribution in [0.4, 0.5) is 17.6 Å². The third-order valence-electron chi connectivity index (χ3n) is 1.86. The molecule has 9 heteroatoms. The number of nitrogens with two attached hydrogens (primary N) is 1. The third-order valence-corrected chi connectivity index (χ3v) is 2.75. The van der Waals surface area contributed by atoms with Crippen LogP contribution >= 0.6 is 11.3 Å². The second-order valence-electron chi connectivity index (χ2n) is 3.24. The van der Waals surface area contributed by atoms with Crippen LogP contribution in [-0.4, -0.2) is 31.5 Å². The van der Waals surface area contributed by atoms with Crippen LogP contribution in [0.5, 0.6) is 5.75 Å². The summed E-state index contributed by atoms with van der Waals surface area (Å²) in [5.41, 5.74) is 4.78. The maximum Gasteiger partial charge on any atom is 0.387 e. The van der Waals surface area contributed by atoms with Gasteiger partial charge in [-0.3, -0.25) is 4.79 Å². The van der Waals surface area contributed by atoms with Gasteiger partial charge < -0.3 is 15.8 Å². The Labute approximate surface area is 104 Å². The molecule has 4 nitrogen and oxygen atoms in total. The van der Waals surface area contributed by atoms with Crippen molar-refractivity contribution in [1.82, 2.24) is 5.32 Å². The summed E-state index contributed by atoms with van der Waals surface area (Å²) < 4.78 is 53.6. The molecule has 1 rings (SSSR count). The minimum Gasteiger partial charge on any atom is -0.433 e. The fourth-order valence-electron chi connectivity index (χ4n) is 1.01. The van der Waals surface area contributed by atoms with Gasteiger partial charge in [-0.1, -0.05) is 0 Å². The first-order chi connectivity index (χ1) is 8.35. The molecule has 1 heterocycles. The number of ether oxygens (including phenoxy) is 1. The van der Waals surface area contributed by atoms with Crippen molar-refractivity contribution in [1.29, 1.82) is 0 Å². The number of thiophene rings is 1. The van der Waals surface area contributed by atoms with Crippen molar-refractivity contribution >= 4 is 17.2 Å². The molecule has 0 aliphatic heterocycles. The molecule has 1 amide bonds. The van der Waals surface area contributed by atoms with E-state index in [1.54, 1.807) is 0 Å². The average Bonchev–Trinajstić information content (AvgIpc) is 2.73. The molecule has 0 unspecified atom stereocenters. The van der Waals surface area contributed by atoms with E-state index in [2.05, 4.69) is 4.74 Å². The highest BCUT2D eigenvalue weighted by molar-refractivity contribution is 7.12. The van der Waals surface area contributed by atoms with E-state index in [1.807, 2.05) is 5.32 Å². The predicted molar refractivity (Wildman–Crippen MR) is 57.3 cm³/mol. The highest BCUT2D eigenvalue weighted by atomic mass is 32.1. The Balaban J connectivity index is 2.65. The number of hydrogen-bond donors (Lipinski definition) is 2. The minimum absolute atomic E-state index is 0.192. The summed E-state index contributed by atoms with van der Waals surface area (Å²) in [7, 11) is 0. The monoisotopic (exact) mass is 286 g/mol. The minimum atomic E-state index is -3.24. The summed E-state index contributed by atoms with van der Waals surface area (Å²) >= 11 is 0.811. The summed E-state index contributed by atoms with van der Waals surface area (Å²) in [5, 5.41) is 3.25. The van der Waals surface area contributed by atoms with Crippen LogP contribution in [-0.2, 0) is 0 Å². The zero-order valence-electron chi connectivity index (χ0n) is 8.96. The van der Waals surface area contributed by atoms with E-state index < -0.39 is 31.5 Å². The van der Waals surface area contributed by atoms with Gasteiger partial charge in [0.1, 0.15) is 10.6 Å². The molecule has 0 aliphatic carbocycles. The summed E-state index contributed by atoms with van der Waals surface area (Å²) in [6, 6.07) is 1.16. The van der Waals surface area contributed by atoms with Crippen LogP contribution in [0.3, 0.4) is 0 Å². The Kier molecular flexibility index (Phi) is 4.91. The van der Waals surface area contributed by atoms with E-state index >= 15 is 0 Å². The number of nitrogens with one attached hydrogen (secondary N) is 1. The lowest BCUT2D eigenvalue weighted by Crippen LogP contribution is -2.41. The fourth-order valence-corrected chi connectivity index (χ4v) is 1.75. The van der Waals surface area contributed by atoms with Crippen molar-refractivity contribution in [3.8, 4) is 5.75 Å². The highest BCUT2D eigenvalue weighted by Crippen LogP contribution is 2.26. The standard InChI is InChI=1S/C9H10F4N2O2S/c10-8(11)17-5-1-2-18-6(5)7(16)15-4-9(12,13)3-14/h1-2,8H,3-4,14H2,(H,15,16). The second-order valence-corrected chi connectivity index (χ2v) is 4.15. The van der Waals surface area contributed by atoms with Crippen molar-refractivity contribution in [2.45, 2.75) is 12.5 Å². The van der Waals surface area contributed by atoms with Gasteiger partial charge in [-0.25, -0.2) is 8.78 Å². The van der Waals surface area contributed by atoms with E-state index in [1.165, 1.54) is 5.38 Å². The fraction of sp³-hybridized carbons (Fsp3) is 0.444. The lowest BCUT2D eigenvalue weighted by Gasteiger charge is -2.14. The maximum atomic E-state index is 12.8. The number of rotatable bonds is 6. The molecule has 102 valence electrons. The number of carbonyl (C=O) groups excluding carboxylic acids is 1. The molecular formula is C9H10F4N2O2S. The second kappa shape index (κ2) is 6.01. The van der Waals surface area contributed by atoms with Gasteiger partial charge in [0, 0.05) is 0 Å². The molecular weight excluding hydrogens is 276 g/mol. The first-order valence-electron chi connectivity index (χ1n) is 4.74. The molecule has 3 N–H and O–H groups in total. The van der Waals surface area contributed by atoms with E-state index in [0.717, 1.165) is 17.4 Å².